The first-order valence-electron chi connectivity index (χ1n) is 6.00. The highest BCUT2D eigenvalue weighted by Crippen LogP contribution is 2.37. The molecule has 0 amide bonds. The van der Waals surface area contributed by atoms with Crippen molar-refractivity contribution in [2.24, 2.45) is 0 Å². The average Bonchev–Trinajstić information content (AvgIpc) is 2.44. The summed E-state index contributed by atoms with van der Waals surface area (Å²) in [5.74, 6) is 0.747. The molecule has 1 aromatic rings. The maximum absolute atomic E-state index is 12.6. The van der Waals surface area contributed by atoms with Gasteiger partial charge in [-0.2, -0.15) is 0 Å². The molecule has 1 unspecified atom stereocenters. The molecule has 0 spiro atoms. The van der Waals surface area contributed by atoms with Crippen molar-refractivity contribution >= 4 is 21.7 Å². The highest BCUT2D eigenvalue weighted by Gasteiger charge is 2.47. The molecule has 2 aliphatic heterocycles. The van der Waals surface area contributed by atoms with Crippen LogP contribution in [0, 0.1) is 0 Å². The number of ketones is 1. The molecule has 1 atom stereocenters. The van der Waals surface area contributed by atoms with Gasteiger partial charge in [-0.25, -0.2) is 0 Å². The van der Waals surface area contributed by atoms with Gasteiger partial charge in [0.15, 0.2) is 4.45 Å². The maximum atomic E-state index is 12.6. The van der Waals surface area contributed by atoms with Crippen LogP contribution in [0.5, 0.6) is 5.75 Å². The summed E-state index contributed by atoms with van der Waals surface area (Å²) in [5, 5.41) is 0. The van der Waals surface area contributed by atoms with Gasteiger partial charge in [0, 0.05) is 13.1 Å². The van der Waals surface area contributed by atoms with Gasteiger partial charge in [-0.1, -0.05) is 28.1 Å². The zero-order chi connectivity index (χ0) is 12.6. The number of carbonyl (C=O) groups is 1. The third-order valence-electron chi connectivity index (χ3n) is 3.41. The van der Waals surface area contributed by atoms with E-state index in [1.165, 1.54) is 0 Å². The Morgan fingerprint density at radius 3 is 2.72 bits per heavy atom. The lowest BCUT2D eigenvalue weighted by Gasteiger charge is -2.42. The molecule has 1 saturated heterocycles. The SMILES string of the molecule is O=C1c2ccccc2OCC1(Br)N1CCOCC1. The fraction of sp³-hybridized carbons (Fsp3) is 0.462. The molecule has 3 rings (SSSR count). The number of benzene rings is 1. The molecule has 2 aliphatic rings. The maximum Gasteiger partial charge on any atom is 0.201 e. The lowest BCUT2D eigenvalue weighted by molar-refractivity contribution is -0.00155. The summed E-state index contributed by atoms with van der Waals surface area (Å²) in [6, 6.07) is 7.38. The van der Waals surface area contributed by atoms with Gasteiger partial charge in [0.2, 0.25) is 5.78 Å². The standard InChI is InChI=1S/C13H14BrNO3/c14-13(15-5-7-17-8-6-15)9-18-11-4-2-1-3-10(11)12(13)16/h1-4H,5-9H2. The molecule has 2 heterocycles. The number of hydrogen-bond acceptors (Lipinski definition) is 4. The molecule has 0 aromatic heterocycles. The number of fused-ring (bicyclic) bond motifs is 1. The molecule has 96 valence electrons. The van der Waals surface area contributed by atoms with E-state index in [0.717, 1.165) is 13.1 Å². The van der Waals surface area contributed by atoms with Crippen LogP contribution in [0.15, 0.2) is 24.3 Å². The minimum absolute atomic E-state index is 0.0752. The summed E-state index contributed by atoms with van der Waals surface area (Å²) in [6.07, 6.45) is 0. The average molecular weight is 312 g/mol. The minimum Gasteiger partial charge on any atom is -0.489 e. The van der Waals surface area contributed by atoms with E-state index < -0.39 is 4.45 Å². The van der Waals surface area contributed by atoms with Crippen LogP contribution < -0.4 is 4.74 Å². The third-order valence-corrected chi connectivity index (χ3v) is 4.50. The Kier molecular flexibility index (Phi) is 3.13. The lowest BCUT2D eigenvalue weighted by Crippen LogP contribution is -2.58. The van der Waals surface area contributed by atoms with Crippen LogP contribution in [-0.4, -0.2) is 48.0 Å². The Morgan fingerprint density at radius 1 is 1.22 bits per heavy atom. The van der Waals surface area contributed by atoms with Gasteiger partial charge >= 0.3 is 0 Å². The van der Waals surface area contributed by atoms with Crippen LogP contribution in [0.4, 0.5) is 0 Å². The molecule has 0 bridgehead atoms. The Balaban J connectivity index is 1.93. The van der Waals surface area contributed by atoms with Gasteiger partial charge in [-0.3, -0.25) is 9.69 Å². The predicted molar refractivity (Wildman–Crippen MR) is 70.3 cm³/mol. The van der Waals surface area contributed by atoms with E-state index >= 15 is 0 Å². The Labute approximate surface area is 114 Å². The van der Waals surface area contributed by atoms with Crippen molar-refractivity contribution in [1.82, 2.24) is 4.90 Å². The largest absolute Gasteiger partial charge is 0.489 e. The van der Waals surface area contributed by atoms with Crippen LogP contribution in [0.1, 0.15) is 10.4 Å². The van der Waals surface area contributed by atoms with Gasteiger partial charge in [0.1, 0.15) is 12.4 Å². The number of halogens is 1. The predicted octanol–water partition coefficient (Wildman–Crippen LogP) is 1.69. The Bertz CT molecular complexity index is 473. The topological polar surface area (TPSA) is 38.8 Å². The van der Waals surface area contributed by atoms with Crippen LogP contribution in [0.25, 0.3) is 0 Å². The summed E-state index contributed by atoms with van der Waals surface area (Å²) in [5.41, 5.74) is 0.645. The summed E-state index contributed by atoms with van der Waals surface area (Å²) in [6.45, 7) is 3.12. The first-order valence-corrected chi connectivity index (χ1v) is 6.79. The van der Waals surface area contributed by atoms with Crippen LogP contribution >= 0.6 is 15.9 Å². The number of nitrogens with zero attached hydrogens (tertiary/aromatic N) is 1. The van der Waals surface area contributed by atoms with E-state index in [2.05, 4.69) is 20.8 Å². The van der Waals surface area contributed by atoms with Crippen LogP contribution in [-0.2, 0) is 4.74 Å². The molecular formula is C13H14BrNO3. The van der Waals surface area contributed by atoms with Crippen molar-refractivity contribution < 1.29 is 14.3 Å². The van der Waals surface area contributed by atoms with Gasteiger partial charge < -0.3 is 9.47 Å². The van der Waals surface area contributed by atoms with Crippen LogP contribution in [0.3, 0.4) is 0 Å². The highest BCUT2D eigenvalue weighted by molar-refractivity contribution is 9.10. The quantitative estimate of drug-likeness (QED) is 0.584. The first kappa shape index (κ1) is 12.1. The second-order valence-electron chi connectivity index (χ2n) is 4.47. The number of morpholine rings is 1. The third kappa shape index (κ3) is 1.86. The lowest BCUT2D eigenvalue weighted by atomic mass is 9.99. The van der Waals surface area contributed by atoms with Crippen LogP contribution in [0.2, 0.25) is 0 Å². The Hall–Kier alpha value is -0.910. The van der Waals surface area contributed by atoms with Gasteiger partial charge in [-0.05, 0) is 12.1 Å². The summed E-state index contributed by atoms with van der Waals surface area (Å²) in [4.78, 5) is 14.7. The summed E-state index contributed by atoms with van der Waals surface area (Å²) < 4.78 is 10.3. The molecule has 0 aliphatic carbocycles. The van der Waals surface area contributed by atoms with Gasteiger partial charge in [-0.15, -0.1) is 0 Å². The van der Waals surface area contributed by atoms with Crippen molar-refractivity contribution in [3.63, 3.8) is 0 Å². The zero-order valence-corrected chi connectivity index (χ0v) is 11.5. The van der Waals surface area contributed by atoms with E-state index in [1.54, 1.807) is 0 Å². The van der Waals surface area contributed by atoms with E-state index in [1.807, 2.05) is 24.3 Å². The zero-order valence-electron chi connectivity index (χ0n) is 9.89. The number of para-hydroxylation sites is 1. The van der Waals surface area contributed by atoms with E-state index in [4.69, 9.17) is 9.47 Å². The molecule has 5 heteroatoms. The second kappa shape index (κ2) is 4.64. The fourth-order valence-corrected chi connectivity index (χ4v) is 3.06. The monoisotopic (exact) mass is 311 g/mol. The number of ether oxygens (including phenoxy) is 2. The second-order valence-corrected chi connectivity index (χ2v) is 5.78. The molecule has 0 saturated carbocycles. The summed E-state index contributed by atoms with van der Waals surface area (Å²) in [7, 11) is 0. The number of Topliss-reactive ketones (excluding diaryl/α,β-unsaturated/α-hetero) is 1. The van der Waals surface area contributed by atoms with E-state index in [0.29, 0.717) is 31.1 Å². The van der Waals surface area contributed by atoms with Gasteiger partial charge in [0.05, 0.1) is 18.8 Å². The van der Waals surface area contributed by atoms with Crippen molar-refractivity contribution in [2.75, 3.05) is 32.9 Å². The molecule has 4 nitrogen and oxygen atoms in total. The van der Waals surface area contributed by atoms with E-state index in [-0.39, 0.29) is 5.78 Å². The molecule has 1 fully saturated rings. The highest BCUT2D eigenvalue weighted by atomic mass is 79.9. The molecule has 0 radical (unpaired) electrons. The summed E-state index contributed by atoms with van der Waals surface area (Å²) >= 11 is 3.59. The number of carbonyl (C=O) groups excluding carboxylic acids is 1. The number of rotatable bonds is 1. The fourth-order valence-electron chi connectivity index (χ4n) is 2.38. The molecule has 1 aromatic carbocycles. The van der Waals surface area contributed by atoms with Crippen molar-refractivity contribution in [3.05, 3.63) is 29.8 Å². The Morgan fingerprint density at radius 2 is 1.94 bits per heavy atom. The molecule has 18 heavy (non-hydrogen) atoms. The number of alkyl halides is 1. The van der Waals surface area contributed by atoms with E-state index in [9.17, 15) is 4.79 Å². The number of hydrogen-bond donors (Lipinski definition) is 0. The van der Waals surface area contributed by atoms with Crippen molar-refractivity contribution in [2.45, 2.75) is 4.45 Å². The van der Waals surface area contributed by atoms with Gasteiger partial charge in [0.25, 0.3) is 0 Å². The molecular weight excluding hydrogens is 298 g/mol. The first-order chi connectivity index (χ1) is 8.72. The smallest absolute Gasteiger partial charge is 0.201 e. The normalized spacial score (nSPS) is 28.6. The van der Waals surface area contributed by atoms with Crippen molar-refractivity contribution in [3.8, 4) is 5.75 Å². The molecule has 0 N–H and O–H groups in total. The van der Waals surface area contributed by atoms with Crippen molar-refractivity contribution in [1.29, 1.82) is 0 Å². The minimum atomic E-state index is -0.745.